The predicted octanol–water partition coefficient (Wildman–Crippen LogP) is 2.33. The van der Waals surface area contributed by atoms with E-state index in [0.29, 0.717) is 5.92 Å². The fourth-order valence-electron chi connectivity index (χ4n) is 3.41. The molecule has 6 heteroatoms. The Morgan fingerprint density at radius 3 is 2.78 bits per heavy atom. The minimum Gasteiger partial charge on any atom is -0.347 e. The highest BCUT2D eigenvalue weighted by molar-refractivity contribution is 7.15. The maximum atomic E-state index is 12.2. The number of hydrogen-bond donors (Lipinski definition) is 0. The van der Waals surface area contributed by atoms with Crippen LogP contribution in [0.2, 0.25) is 0 Å². The Labute approximate surface area is 140 Å². The van der Waals surface area contributed by atoms with Gasteiger partial charge in [-0.3, -0.25) is 4.79 Å². The van der Waals surface area contributed by atoms with Crippen molar-refractivity contribution in [2.45, 2.75) is 46.1 Å². The third-order valence-corrected chi connectivity index (χ3v) is 6.08. The first-order valence-electron chi connectivity index (χ1n) is 8.39. The number of rotatable bonds is 3. The van der Waals surface area contributed by atoms with Gasteiger partial charge in [0.05, 0.1) is 17.9 Å². The molecule has 122 valence electrons. The highest BCUT2D eigenvalue weighted by atomic mass is 32.1. The number of aryl methyl sites for hydroxylation is 4. The van der Waals surface area contributed by atoms with Crippen LogP contribution < -0.4 is 10.5 Å². The Hall–Kier alpha value is -1.69. The van der Waals surface area contributed by atoms with Crippen LogP contribution in [0.4, 0.5) is 5.13 Å². The van der Waals surface area contributed by atoms with Crippen LogP contribution in [0.15, 0.2) is 10.9 Å². The molecule has 0 saturated carbocycles. The van der Waals surface area contributed by atoms with Gasteiger partial charge in [0.25, 0.3) is 5.56 Å². The molecule has 0 atom stereocenters. The Kier molecular flexibility index (Phi) is 3.71. The van der Waals surface area contributed by atoms with Gasteiger partial charge in [0.15, 0.2) is 5.13 Å². The number of hydrogen-bond acceptors (Lipinski definition) is 5. The van der Waals surface area contributed by atoms with Crippen LogP contribution in [0.3, 0.4) is 0 Å². The molecule has 1 saturated heterocycles. The summed E-state index contributed by atoms with van der Waals surface area (Å²) in [6, 6.07) is 1.81. The number of fused-ring (bicyclic) bond motifs is 1. The van der Waals surface area contributed by atoms with E-state index in [9.17, 15) is 4.79 Å². The lowest BCUT2D eigenvalue weighted by Crippen LogP contribution is -2.49. The average molecular weight is 330 g/mol. The number of thiazole rings is 1. The molecular weight excluding hydrogens is 308 g/mol. The summed E-state index contributed by atoms with van der Waals surface area (Å²) >= 11 is 1.76. The summed E-state index contributed by atoms with van der Waals surface area (Å²) in [7, 11) is 0. The molecule has 2 aromatic heterocycles. The first-order chi connectivity index (χ1) is 11.1. The van der Waals surface area contributed by atoms with Crippen molar-refractivity contribution in [3.63, 3.8) is 0 Å². The second kappa shape index (κ2) is 5.74. The highest BCUT2D eigenvalue weighted by Crippen LogP contribution is 2.31. The first-order valence-corrected chi connectivity index (χ1v) is 9.20. The smallest absolute Gasteiger partial charge is 0.267 e. The maximum absolute atomic E-state index is 12.2. The van der Waals surface area contributed by atoms with Crippen molar-refractivity contribution in [3.05, 3.63) is 38.2 Å². The van der Waals surface area contributed by atoms with Crippen molar-refractivity contribution in [2.75, 3.05) is 18.0 Å². The predicted molar refractivity (Wildman–Crippen MR) is 92.4 cm³/mol. The van der Waals surface area contributed by atoms with E-state index >= 15 is 0 Å². The summed E-state index contributed by atoms with van der Waals surface area (Å²) in [5, 5.41) is 5.74. The van der Waals surface area contributed by atoms with Gasteiger partial charge in [-0.15, -0.1) is 11.3 Å². The van der Waals surface area contributed by atoms with Gasteiger partial charge in [0, 0.05) is 30.0 Å². The molecule has 0 aromatic carbocycles. The monoisotopic (exact) mass is 330 g/mol. The molecule has 0 spiro atoms. The molecule has 2 aromatic rings. The molecule has 0 radical (unpaired) electrons. The molecule has 4 rings (SSSR count). The zero-order valence-electron chi connectivity index (χ0n) is 13.7. The minimum absolute atomic E-state index is 0.0602. The lowest BCUT2D eigenvalue weighted by Gasteiger charge is -2.39. The third-order valence-electron chi connectivity index (χ3n) is 4.95. The van der Waals surface area contributed by atoms with Crippen molar-refractivity contribution >= 4 is 16.5 Å². The molecule has 5 nitrogen and oxygen atoms in total. The van der Waals surface area contributed by atoms with Gasteiger partial charge >= 0.3 is 0 Å². The lowest BCUT2D eigenvalue weighted by atomic mass is 9.97. The highest BCUT2D eigenvalue weighted by Gasteiger charge is 2.30. The van der Waals surface area contributed by atoms with Gasteiger partial charge in [-0.05, 0) is 45.1 Å². The van der Waals surface area contributed by atoms with E-state index in [4.69, 9.17) is 0 Å². The zero-order chi connectivity index (χ0) is 16.0. The quantitative estimate of drug-likeness (QED) is 0.867. The molecule has 1 aliphatic carbocycles. The molecular formula is C17H22N4OS. The largest absolute Gasteiger partial charge is 0.347 e. The topological polar surface area (TPSA) is 51.0 Å². The van der Waals surface area contributed by atoms with Crippen molar-refractivity contribution < 1.29 is 0 Å². The van der Waals surface area contributed by atoms with Crippen LogP contribution in [0.25, 0.3) is 0 Å². The van der Waals surface area contributed by atoms with Crippen LogP contribution in [-0.2, 0) is 19.4 Å². The van der Waals surface area contributed by atoms with E-state index in [-0.39, 0.29) is 5.56 Å². The lowest BCUT2D eigenvalue weighted by molar-refractivity contribution is 0.331. The average Bonchev–Trinajstić information content (AvgIpc) is 2.81. The van der Waals surface area contributed by atoms with Crippen molar-refractivity contribution in [3.8, 4) is 0 Å². The Morgan fingerprint density at radius 1 is 1.26 bits per heavy atom. The van der Waals surface area contributed by atoms with Gasteiger partial charge in [-0.2, -0.15) is 5.10 Å². The van der Waals surface area contributed by atoms with Crippen LogP contribution >= 0.6 is 11.3 Å². The SMILES string of the molecule is Cc1nc(N2CC(Cn3nc4c(cc3=O)CCCC4)C2)sc1C. The van der Waals surface area contributed by atoms with E-state index in [1.54, 1.807) is 16.0 Å². The molecule has 0 amide bonds. The second-order valence-electron chi connectivity index (χ2n) is 6.75. The molecule has 2 aliphatic rings. The van der Waals surface area contributed by atoms with E-state index in [1.807, 2.05) is 6.07 Å². The Balaban J connectivity index is 1.43. The standard InChI is InChI=1S/C17H22N4OS/c1-11-12(2)23-17(18-11)20-8-13(9-20)10-21-16(22)7-14-5-3-4-6-15(14)19-21/h7,13H,3-6,8-10H2,1-2H3. The molecule has 0 N–H and O–H groups in total. The van der Waals surface area contributed by atoms with E-state index in [1.165, 1.54) is 23.3 Å². The Morgan fingerprint density at radius 2 is 2.04 bits per heavy atom. The Bertz CT molecular complexity index is 769. The van der Waals surface area contributed by atoms with Gasteiger partial charge in [-0.25, -0.2) is 9.67 Å². The van der Waals surface area contributed by atoms with Crippen molar-refractivity contribution in [2.24, 2.45) is 5.92 Å². The van der Waals surface area contributed by atoms with Crippen molar-refractivity contribution in [1.82, 2.24) is 14.8 Å². The normalized spacial score (nSPS) is 17.9. The zero-order valence-corrected chi connectivity index (χ0v) is 14.5. The van der Waals surface area contributed by atoms with E-state index < -0.39 is 0 Å². The molecule has 0 unspecified atom stereocenters. The summed E-state index contributed by atoms with van der Waals surface area (Å²) < 4.78 is 1.69. The molecule has 3 heterocycles. The number of anilines is 1. The van der Waals surface area contributed by atoms with Gasteiger partial charge in [-0.1, -0.05) is 0 Å². The van der Waals surface area contributed by atoms with Crippen LogP contribution in [0.5, 0.6) is 0 Å². The van der Waals surface area contributed by atoms with E-state index in [0.717, 1.165) is 49.0 Å². The fourth-order valence-corrected chi connectivity index (χ4v) is 4.34. The summed E-state index contributed by atoms with van der Waals surface area (Å²) in [6.07, 6.45) is 4.41. The van der Waals surface area contributed by atoms with Gasteiger partial charge in [0.1, 0.15) is 0 Å². The summed E-state index contributed by atoms with van der Waals surface area (Å²) in [5.74, 6) is 0.492. The van der Waals surface area contributed by atoms with Gasteiger partial charge < -0.3 is 4.90 Å². The minimum atomic E-state index is 0.0602. The van der Waals surface area contributed by atoms with E-state index in [2.05, 4.69) is 28.8 Å². The summed E-state index contributed by atoms with van der Waals surface area (Å²) in [5.41, 5.74) is 3.49. The molecule has 23 heavy (non-hydrogen) atoms. The van der Waals surface area contributed by atoms with Crippen molar-refractivity contribution in [1.29, 1.82) is 0 Å². The number of nitrogens with zero attached hydrogens (tertiary/aromatic N) is 4. The summed E-state index contributed by atoms with van der Waals surface area (Å²) in [6.45, 7) is 6.84. The van der Waals surface area contributed by atoms with Crippen LogP contribution in [0, 0.1) is 19.8 Å². The van der Waals surface area contributed by atoms with Gasteiger partial charge in [0.2, 0.25) is 0 Å². The molecule has 0 bridgehead atoms. The maximum Gasteiger partial charge on any atom is 0.267 e. The molecule has 1 aliphatic heterocycles. The fraction of sp³-hybridized carbons (Fsp3) is 0.588. The number of aromatic nitrogens is 3. The van der Waals surface area contributed by atoms with Crippen LogP contribution in [0.1, 0.15) is 34.7 Å². The third kappa shape index (κ3) is 2.80. The summed E-state index contributed by atoms with van der Waals surface area (Å²) in [4.78, 5) is 20.4. The van der Waals surface area contributed by atoms with Crippen LogP contribution in [-0.4, -0.2) is 27.9 Å². The first kappa shape index (κ1) is 14.9. The second-order valence-corrected chi connectivity index (χ2v) is 7.93. The molecule has 1 fully saturated rings.